The van der Waals surface area contributed by atoms with Crippen molar-refractivity contribution in [2.75, 3.05) is 41.0 Å². The van der Waals surface area contributed by atoms with Crippen LogP contribution in [0.1, 0.15) is 31.2 Å². The third kappa shape index (κ3) is 2.18. The van der Waals surface area contributed by atoms with Gasteiger partial charge in [0.1, 0.15) is 0 Å². The zero-order valence-corrected chi connectivity index (χ0v) is 14.4. The molecule has 1 aliphatic carbocycles. The normalized spacial score (nSPS) is 32.4. The number of hydrogen-bond acceptors (Lipinski definition) is 4. The molecule has 23 heavy (non-hydrogen) atoms. The summed E-state index contributed by atoms with van der Waals surface area (Å²) in [4.78, 5) is 2.57. The molecule has 4 nitrogen and oxygen atoms in total. The van der Waals surface area contributed by atoms with Gasteiger partial charge in [0.05, 0.1) is 27.4 Å². The molecule has 0 aromatic heterocycles. The molecule has 1 spiro atoms. The van der Waals surface area contributed by atoms with E-state index in [1.807, 2.05) is 0 Å². The van der Waals surface area contributed by atoms with Gasteiger partial charge < -0.3 is 19.1 Å². The van der Waals surface area contributed by atoms with Crippen molar-refractivity contribution in [2.24, 2.45) is 5.41 Å². The van der Waals surface area contributed by atoms with Crippen molar-refractivity contribution >= 4 is 0 Å². The molecule has 0 N–H and O–H groups in total. The summed E-state index contributed by atoms with van der Waals surface area (Å²) in [5.41, 5.74) is 2.12. The van der Waals surface area contributed by atoms with E-state index in [9.17, 15) is 0 Å². The van der Waals surface area contributed by atoms with Crippen molar-refractivity contribution in [2.45, 2.75) is 37.1 Å². The maximum Gasteiger partial charge on any atom is 0.161 e. The first-order valence-electron chi connectivity index (χ1n) is 8.63. The lowest BCUT2D eigenvalue weighted by Crippen LogP contribution is -2.56. The second-order valence-electron chi connectivity index (χ2n) is 7.67. The van der Waals surface area contributed by atoms with Crippen LogP contribution in [0.15, 0.2) is 18.2 Å². The molecule has 3 aliphatic rings. The molecule has 4 heteroatoms. The van der Waals surface area contributed by atoms with Crippen LogP contribution in [0.25, 0.3) is 0 Å². The van der Waals surface area contributed by atoms with Gasteiger partial charge in [0.25, 0.3) is 0 Å². The standard InChI is InChI=1S/C19H27NO3/c1-20-9-8-19(7-6-18(11-17(19)20)12-23-13-18)14-4-5-15(21-2)16(10-14)22-3/h4-5,10,17H,6-9,11-13H2,1-3H3/t17-,19-/m0/s1. The van der Waals surface area contributed by atoms with Gasteiger partial charge in [-0.25, -0.2) is 0 Å². The number of likely N-dealkylation sites (tertiary alicyclic amines) is 1. The van der Waals surface area contributed by atoms with E-state index in [2.05, 4.69) is 30.1 Å². The molecule has 2 atom stereocenters. The average molecular weight is 317 g/mol. The Bertz CT molecular complexity index is 598. The third-order valence-corrected chi connectivity index (χ3v) is 6.58. The van der Waals surface area contributed by atoms with E-state index in [0.717, 1.165) is 24.7 Å². The zero-order valence-electron chi connectivity index (χ0n) is 14.4. The summed E-state index contributed by atoms with van der Waals surface area (Å²) in [6.07, 6.45) is 5.03. The Morgan fingerprint density at radius 2 is 1.87 bits per heavy atom. The predicted octanol–water partition coefficient (Wildman–Crippen LogP) is 2.85. The SMILES string of the molecule is COc1ccc([C@]23CCN(C)[C@H]2CC2(CC3)COC2)cc1OC. The van der Waals surface area contributed by atoms with Crippen LogP contribution in [0.2, 0.25) is 0 Å². The van der Waals surface area contributed by atoms with Gasteiger partial charge in [-0.3, -0.25) is 0 Å². The van der Waals surface area contributed by atoms with Crippen LogP contribution in [-0.4, -0.2) is 52.0 Å². The number of hydrogen-bond donors (Lipinski definition) is 0. The van der Waals surface area contributed by atoms with Gasteiger partial charge in [-0.05, 0) is 57.0 Å². The van der Waals surface area contributed by atoms with E-state index < -0.39 is 0 Å². The molecule has 1 aromatic rings. The number of ether oxygens (including phenoxy) is 3. The molecule has 0 amide bonds. The van der Waals surface area contributed by atoms with Gasteiger partial charge in [-0.1, -0.05) is 6.07 Å². The first-order valence-corrected chi connectivity index (χ1v) is 8.63. The van der Waals surface area contributed by atoms with Gasteiger partial charge in [0, 0.05) is 16.9 Å². The molecule has 0 unspecified atom stereocenters. The van der Waals surface area contributed by atoms with E-state index in [0.29, 0.717) is 11.5 Å². The molecular formula is C19H27NO3. The van der Waals surface area contributed by atoms with Crippen LogP contribution < -0.4 is 9.47 Å². The maximum atomic E-state index is 5.55. The van der Waals surface area contributed by atoms with E-state index in [1.54, 1.807) is 14.2 Å². The summed E-state index contributed by atoms with van der Waals surface area (Å²) in [6.45, 7) is 3.09. The highest BCUT2D eigenvalue weighted by Crippen LogP contribution is 2.56. The molecule has 0 bridgehead atoms. The Morgan fingerprint density at radius 3 is 2.52 bits per heavy atom. The molecular weight excluding hydrogens is 290 g/mol. The highest BCUT2D eigenvalue weighted by Gasteiger charge is 2.56. The predicted molar refractivity (Wildman–Crippen MR) is 89.4 cm³/mol. The fourth-order valence-corrected chi connectivity index (χ4v) is 5.04. The van der Waals surface area contributed by atoms with Crippen LogP contribution in [0, 0.1) is 5.41 Å². The fourth-order valence-electron chi connectivity index (χ4n) is 5.04. The monoisotopic (exact) mass is 317 g/mol. The Balaban J connectivity index is 1.71. The Labute approximate surface area is 138 Å². The zero-order chi connectivity index (χ0) is 16.1. The number of rotatable bonds is 3. The highest BCUT2D eigenvalue weighted by molar-refractivity contribution is 5.46. The van der Waals surface area contributed by atoms with E-state index in [4.69, 9.17) is 14.2 Å². The lowest BCUT2D eigenvalue weighted by atomic mass is 9.58. The Hall–Kier alpha value is -1.26. The molecule has 2 saturated heterocycles. The molecule has 4 rings (SSSR count). The minimum atomic E-state index is 0.259. The summed E-state index contributed by atoms with van der Waals surface area (Å²) in [5.74, 6) is 1.66. The number of likely N-dealkylation sites (N-methyl/N-ethyl adjacent to an activating group) is 1. The second kappa shape index (κ2) is 5.38. The average Bonchev–Trinajstić information content (AvgIpc) is 2.90. The van der Waals surface area contributed by atoms with Crippen molar-refractivity contribution in [3.8, 4) is 11.5 Å². The van der Waals surface area contributed by atoms with E-state index >= 15 is 0 Å². The Kier molecular flexibility index (Phi) is 3.58. The lowest BCUT2D eigenvalue weighted by molar-refractivity contribution is -0.148. The fraction of sp³-hybridized carbons (Fsp3) is 0.684. The topological polar surface area (TPSA) is 30.9 Å². The molecule has 0 radical (unpaired) electrons. The van der Waals surface area contributed by atoms with E-state index in [-0.39, 0.29) is 5.41 Å². The smallest absolute Gasteiger partial charge is 0.161 e. The van der Waals surface area contributed by atoms with Crippen LogP contribution in [0.5, 0.6) is 11.5 Å². The van der Waals surface area contributed by atoms with Crippen molar-refractivity contribution in [3.63, 3.8) is 0 Å². The quantitative estimate of drug-likeness (QED) is 0.858. The largest absolute Gasteiger partial charge is 0.493 e. The molecule has 2 aliphatic heterocycles. The van der Waals surface area contributed by atoms with Crippen molar-refractivity contribution in [1.82, 2.24) is 4.90 Å². The van der Waals surface area contributed by atoms with Gasteiger partial charge in [0.2, 0.25) is 0 Å². The first-order chi connectivity index (χ1) is 11.1. The minimum Gasteiger partial charge on any atom is -0.493 e. The summed E-state index contributed by atoms with van der Waals surface area (Å²) >= 11 is 0. The third-order valence-electron chi connectivity index (χ3n) is 6.58. The number of methoxy groups -OCH3 is 2. The highest BCUT2D eigenvalue weighted by atomic mass is 16.5. The Morgan fingerprint density at radius 1 is 1.09 bits per heavy atom. The number of benzene rings is 1. The summed E-state index contributed by atoms with van der Waals surface area (Å²) in [6, 6.07) is 7.14. The molecule has 3 fully saturated rings. The number of fused-ring (bicyclic) bond motifs is 1. The summed E-state index contributed by atoms with van der Waals surface area (Å²) in [5, 5.41) is 0. The van der Waals surface area contributed by atoms with Gasteiger partial charge in [-0.2, -0.15) is 0 Å². The molecule has 126 valence electrons. The maximum absolute atomic E-state index is 5.55. The summed E-state index contributed by atoms with van der Waals surface area (Å²) < 4.78 is 16.5. The minimum absolute atomic E-state index is 0.259. The molecule has 1 saturated carbocycles. The van der Waals surface area contributed by atoms with Crippen molar-refractivity contribution in [3.05, 3.63) is 23.8 Å². The van der Waals surface area contributed by atoms with Crippen LogP contribution >= 0.6 is 0 Å². The van der Waals surface area contributed by atoms with Gasteiger partial charge >= 0.3 is 0 Å². The first kappa shape index (κ1) is 15.3. The molecule has 2 heterocycles. The van der Waals surface area contributed by atoms with Crippen LogP contribution in [0.3, 0.4) is 0 Å². The molecule has 1 aromatic carbocycles. The van der Waals surface area contributed by atoms with Gasteiger partial charge in [0.15, 0.2) is 11.5 Å². The second-order valence-corrected chi connectivity index (χ2v) is 7.67. The van der Waals surface area contributed by atoms with E-state index in [1.165, 1.54) is 37.8 Å². The lowest BCUT2D eigenvalue weighted by Gasteiger charge is -2.53. The number of nitrogens with zero attached hydrogens (tertiary/aromatic N) is 1. The van der Waals surface area contributed by atoms with Crippen molar-refractivity contribution < 1.29 is 14.2 Å². The summed E-state index contributed by atoms with van der Waals surface area (Å²) in [7, 11) is 5.70. The van der Waals surface area contributed by atoms with Crippen LogP contribution in [-0.2, 0) is 10.2 Å². The van der Waals surface area contributed by atoms with Crippen LogP contribution in [0.4, 0.5) is 0 Å². The van der Waals surface area contributed by atoms with Gasteiger partial charge in [-0.15, -0.1) is 0 Å². The van der Waals surface area contributed by atoms with Crippen molar-refractivity contribution in [1.29, 1.82) is 0 Å².